The van der Waals surface area contributed by atoms with Gasteiger partial charge in [0.15, 0.2) is 0 Å². The Morgan fingerprint density at radius 3 is 0.949 bits per heavy atom. The molecule has 3 heterocycles. The summed E-state index contributed by atoms with van der Waals surface area (Å²) in [5.74, 6) is 0. The lowest BCUT2D eigenvalue weighted by Gasteiger charge is -2.20. The number of nitriles is 5. The first-order valence-electron chi connectivity index (χ1n) is 25.2. The zero-order valence-electron chi connectivity index (χ0n) is 41.5. The third-order valence-corrected chi connectivity index (χ3v) is 14.7. The molecule has 0 fully saturated rings. The van der Waals surface area contributed by atoms with Gasteiger partial charge in [-0.25, -0.2) is 4.98 Å². The molecule has 0 aliphatic carbocycles. The van der Waals surface area contributed by atoms with Crippen molar-refractivity contribution < 1.29 is 0 Å². The molecule has 78 heavy (non-hydrogen) atoms. The first-order valence-corrected chi connectivity index (χ1v) is 25.2. The first-order chi connectivity index (χ1) is 38.4. The highest BCUT2D eigenvalue weighted by molar-refractivity contribution is 6.14. The number of pyridine rings is 1. The summed E-state index contributed by atoms with van der Waals surface area (Å²) in [5.41, 5.74) is 18.8. The van der Waals surface area contributed by atoms with Crippen LogP contribution < -0.4 is 0 Å². The van der Waals surface area contributed by atoms with Gasteiger partial charge < -0.3 is 9.13 Å². The predicted octanol–water partition coefficient (Wildman–Crippen LogP) is 16.6. The second kappa shape index (κ2) is 19.0. The smallest absolute Gasteiger partial charge is 0.0999 e. The van der Waals surface area contributed by atoms with E-state index in [1.54, 1.807) is 0 Å². The van der Waals surface area contributed by atoms with Crippen LogP contribution >= 0.6 is 0 Å². The molecule has 8 heteroatoms. The van der Waals surface area contributed by atoms with Crippen molar-refractivity contribution in [1.29, 1.82) is 26.3 Å². The van der Waals surface area contributed by atoms with E-state index in [1.165, 1.54) is 0 Å². The molecule has 0 saturated carbocycles. The van der Waals surface area contributed by atoms with Crippen LogP contribution in [0.1, 0.15) is 27.8 Å². The molecular formula is C70H38N8. The SMILES string of the molecule is N#Cc1ccc(-c2ccc3c(c2)c2cc(-c4ccc(C#N)cc4)ccc2n3-c2cc(C#N)c(-c3cccc(-c4ccccc4)n3)cc2-n2c3ccc(-c4ccc(C#N)cc4)cc3c3cc(-c4ccc(C#N)cc4)ccc32)cc1. The van der Waals surface area contributed by atoms with Crippen molar-refractivity contribution in [2.75, 3.05) is 0 Å². The van der Waals surface area contributed by atoms with Crippen LogP contribution in [0, 0.1) is 56.7 Å². The monoisotopic (exact) mass is 990 g/mol. The maximum Gasteiger partial charge on any atom is 0.0999 e. The molecule has 358 valence electrons. The molecule has 0 bridgehead atoms. The molecular weight excluding hydrogens is 953 g/mol. The standard InChI is InChI=1S/C70H38N8/c71-39-44-9-17-48(18-10-44)53-25-29-65-59(33-53)60-34-54(49-19-11-45(40-72)12-20-49)26-30-66(60)77(65)69-37-57(43-75)58(64-8-4-7-63(76-64)52-5-2-1-3-6-52)38-70(69)78-67-31-27-55(50-21-13-46(41-73)14-22-50)35-61(67)62-36-56(28-32-68(62)78)51-23-15-47(42-74)16-24-51/h1-38H. The number of fused-ring (bicyclic) bond motifs is 6. The molecule has 0 saturated heterocycles. The molecule has 0 aliphatic rings. The lowest BCUT2D eigenvalue weighted by atomic mass is 9.99. The number of hydrogen-bond acceptors (Lipinski definition) is 6. The van der Waals surface area contributed by atoms with E-state index in [9.17, 15) is 26.3 Å². The number of hydrogen-bond donors (Lipinski definition) is 0. The van der Waals surface area contributed by atoms with E-state index in [0.717, 1.165) is 111 Å². The fourth-order valence-electron chi connectivity index (χ4n) is 10.8. The van der Waals surface area contributed by atoms with E-state index in [0.29, 0.717) is 39.1 Å². The average Bonchev–Trinajstić information content (AvgIpc) is 4.25. The number of nitrogens with zero attached hydrogens (tertiary/aromatic N) is 8. The largest absolute Gasteiger partial charge is 0.307 e. The molecule has 8 nitrogen and oxygen atoms in total. The molecule has 0 atom stereocenters. The molecule has 0 unspecified atom stereocenters. The Kier molecular flexibility index (Phi) is 11.3. The fourth-order valence-corrected chi connectivity index (χ4v) is 10.8. The average molecular weight is 991 g/mol. The predicted molar refractivity (Wildman–Crippen MR) is 309 cm³/mol. The van der Waals surface area contributed by atoms with E-state index in [-0.39, 0.29) is 0 Å². The minimum absolute atomic E-state index is 0.442. The Morgan fingerprint density at radius 2 is 0.603 bits per heavy atom. The van der Waals surface area contributed by atoms with Crippen molar-refractivity contribution in [1.82, 2.24) is 14.1 Å². The summed E-state index contributed by atoms with van der Waals surface area (Å²) in [4.78, 5) is 5.23. The van der Waals surface area contributed by atoms with Gasteiger partial charge in [0.1, 0.15) is 0 Å². The van der Waals surface area contributed by atoms with Crippen LogP contribution in [0.15, 0.2) is 231 Å². The van der Waals surface area contributed by atoms with Gasteiger partial charge in [-0.3, -0.25) is 0 Å². The van der Waals surface area contributed by atoms with Gasteiger partial charge in [-0.1, -0.05) is 109 Å². The van der Waals surface area contributed by atoms with Gasteiger partial charge >= 0.3 is 0 Å². The summed E-state index contributed by atoms with van der Waals surface area (Å²) >= 11 is 0. The Bertz CT molecular complexity index is 4570. The van der Waals surface area contributed by atoms with Crippen molar-refractivity contribution in [3.05, 3.63) is 258 Å². The summed E-state index contributed by atoms with van der Waals surface area (Å²) in [6.45, 7) is 0. The van der Waals surface area contributed by atoms with Gasteiger partial charge in [0.25, 0.3) is 0 Å². The molecule has 0 N–H and O–H groups in total. The molecule has 3 aromatic heterocycles. The topological polar surface area (TPSA) is 142 Å². The van der Waals surface area contributed by atoms with Gasteiger partial charge in [-0.05, 0) is 166 Å². The lowest BCUT2D eigenvalue weighted by molar-refractivity contribution is 1.09. The fraction of sp³-hybridized carbons (Fsp3) is 0. The first kappa shape index (κ1) is 46.2. The summed E-state index contributed by atoms with van der Waals surface area (Å²) in [6, 6.07) is 88.0. The summed E-state index contributed by atoms with van der Waals surface area (Å²) in [6.07, 6.45) is 0. The molecule has 0 spiro atoms. The van der Waals surface area contributed by atoms with Gasteiger partial charge in [-0.2, -0.15) is 26.3 Å². The normalized spacial score (nSPS) is 11.0. The van der Waals surface area contributed by atoms with Crippen LogP contribution in [0.3, 0.4) is 0 Å². The number of rotatable bonds is 8. The van der Waals surface area contributed by atoms with E-state index in [1.807, 2.05) is 152 Å². The van der Waals surface area contributed by atoms with Crippen LogP contribution in [0.25, 0.3) is 122 Å². The minimum atomic E-state index is 0.442. The number of aromatic nitrogens is 3. The summed E-state index contributed by atoms with van der Waals surface area (Å²) in [5, 5.41) is 53.9. The van der Waals surface area contributed by atoms with Gasteiger partial charge in [0, 0.05) is 32.7 Å². The van der Waals surface area contributed by atoms with E-state index in [4.69, 9.17) is 4.98 Å². The van der Waals surface area contributed by atoms with Gasteiger partial charge in [0.05, 0.1) is 103 Å². The Morgan fingerprint density at radius 1 is 0.269 bits per heavy atom. The highest BCUT2D eigenvalue weighted by atomic mass is 15.1. The molecule has 0 radical (unpaired) electrons. The van der Waals surface area contributed by atoms with Crippen molar-refractivity contribution in [3.63, 3.8) is 0 Å². The minimum Gasteiger partial charge on any atom is -0.307 e. The summed E-state index contributed by atoms with van der Waals surface area (Å²) in [7, 11) is 0. The maximum atomic E-state index is 11.4. The zero-order chi connectivity index (χ0) is 52.9. The molecule has 13 rings (SSSR count). The van der Waals surface area contributed by atoms with Crippen LogP contribution in [-0.2, 0) is 0 Å². The van der Waals surface area contributed by atoms with Crippen LogP contribution in [0.5, 0.6) is 0 Å². The molecule has 10 aromatic carbocycles. The van der Waals surface area contributed by atoms with Gasteiger partial charge in [0.2, 0.25) is 0 Å². The van der Waals surface area contributed by atoms with E-state index >= 15 is 0 Å². The highest BCUT2D eigenvalue weighted by Gasteiger charge is 2.24. The Labute approximate surface area is 448 Å². The van der Waals surface area contributed by atoms with E-state index in [2.05, 4.69) is 118 Å². The lowest BCUT2D eigenvalue weighted by Crippen LogP contribution is -2.06. The van der Waals surface area contributed by atoms with Crippen molar-refractivity contribution in [2.24, 2.45) is 0 Å². The molecule has 0 aliphatic heterocycles. The highest BCUT2D eigenvalue weighted by Crippen LogP contribution is 2.44. The zero-order valence-corrected chi connectivity index (χ0v) is 41.5. The number of benzene rings is 10. The second-order valence-electron chi connectivity index (χ2n) is 19.1. The summed E-state index contributed by atoms with van der Waals surface area (Å²) < 4.78 is 4.56. The maximum absolute atomic E-state index is 11.4. The third kappa shape index (κ3) is 7.95. The Hall–Kier alpha value is -11.6. The van der Waals surface area contributed by atoms with E-state index < -0.39 is 0 Å². The third-order valence-electron chi connectivity index (χ3n) is 14.7. The quantitative estimate of drug-likeness (QED) is 0.148. The van der Waals surface area contributed by atoms with Crippen LogP contribution in [-0.4, -0.2) is 14.1 Å². The second-order valence-corrected chi connectivity index (χ2v) is 19.1. The molecule has 0 amide bonds. The van der Waals surface area contributed by atoms with Crippen molar-refractivity contribution in [3.8, 4) is 109 Å². The van der Waals surface area contributed by atoms with Gasteiger partial charge in [-0.15, -0.1) is 0 Å². The van der Waals surface area contributed by atoms with Crippen LogP contribution in [0.2, 0.25) is 0 Å². The van der Waals surface area contributed by atoms with Crippen molar-refractivity contribution in [2.45, 2.75) is 0 Å². The molecule has 13 aromatic rings. The van der Waals surface area contributed by atoms with Crippen molar-refractivity contribution >= 4 is 43.6 Å². The Balaban J connectivity index is 1.13. The van der Waals surface area contributed by atoms with Crippen LogP contribution in [0.4, 0.5) is 0 Å².